The van der Waals surface area contributed by atoms with Gasteiger partial charge < -0.3 is 5.32 Å². The highest BCUT2D eigenvalue weighted by atomic mass is 35.5. The van der Waals surface area contributed by atoms with Crippen LogP contribution in [-0.4, -0.2) is 14.3 Å². The van der Waals surface area contributed by atoms with E-state index in [0.29, 0.717) is 27.5 Å². The third-order valence-corrected chi connectivity index (χ3v) is 5.77. The Hall–Kier alpha value is -3.16. The zero-order chi connectivity index (χ0) is 21.7. The van der Waals surface area contributed by atoms with Crippen LogP contribution in [0.1, 0.15) is 11.1 Å². The molecule has 0 aromatic heterocycles. The molecule has 0 bridgehead atoms. The summed E-state index contributed by atoms with van der Waals surface area (Å²) in [5.41, 5.74) is 2.04. The predicted octanol–water partition coefficient (Wildman–Crippen LogP) is 5.24. The van der Waals surface area contributed by atoms with Crippen LogP contribution in [0.5, 0.6) is 0 Å². The van der Waals surface area contributed by atoms with Gasteiger partial charge in [-0.25, -0.2) is 12.8 Å². The largest absolute Gasteiger partial charge is 0.322 e. The number of rotatable bonds is 6. The predicted molar refractivity (Wildman–Crippen MR) is 118 cm³/mol. The standard InChI is InChI=1S/C22H18ClFN2O3S/c1-15-5-11-20(30(28,29)26-19-4-2-3-17(23)13-19)14-21(15)25-22(27)12-8-16-6-9-18(24)10-7-16/h2-14,26H,1H3,(H,25,27)/b12-8+. The van der Waals surface area contributed by atoms with Gasteiger partial charge in [0.05, 0.1) is 10.6 Å². The average molecular weight is 445 g/mol. The maximum Gasteiger partial charge on any atom is 0.261 e. The molecule has 5 nitrogen and oxygen atoms in total. The van der Waals surface area contributed by atoms with Crippen LogP contribution in [0.4, 0.5) is 15.8 Å². The van der Waals surface area contributed by atoms with Crippen LogP contribution in [0.15, 0.2) is 77.7 Å². The monoisotopic (exact) mass is 444 g/mol. The van der Waals surface area contributed by atoms with Crippen molar-refractivity contribution in [2.45, 2.75) is 11.8 Å². The van der Waals surface area contributed by atoms with Crippen LogP contribution in [-0.2, 0) is 14.8 Å². The SMILES string of the molecule is Cc1ccc(S(=O)(=O)Nc2cccc(Cl)c2)cc1NC(=O)/C=C/c1ccc(F)cc1. The lowest BCUT2D eigenvalue weighted by Crippen LogP contribution is -2.14. The van der Waals surface area contributed by atoms with Crippen molar-refractivity contribution in [3.8, 4) is 0 Å². The topological polar surface area (TPSA) is 75.3 Å². The van der Waals surface area contributed by atoms with E-state index in [1.807, 2.05) is 0 Å². The Morgan fingerprint density at radius 1 is 1.03 bits per heavy atom. The number of nitrogens with one attached hydrogen (secondary N) is 2. The lowest BCUT2D eigenvalue weighted by Gasteiger charge is -2.12. The number of amides is 1. The average Bonchev–Trinajstić information content (AvgIpc) is 2.69. The lowest BCUT2D eigenvalue weighted by atomic mass is 10.2. The smallest absolute Gasteiger partial charge is 0.261 e. The van der Waals surface area contributed by atoms with Crippen LogP contribution in [0.2, 0.25) is 5.02 Å². The highest BCUT2D eigenvalue weighted by molar-refractivity contribution is 7.92. The molecule has 0 saturated carbocycles. The third-order valence-electron chi connectivity index (χ3n) is 4.15. The minimum atomic E-state index is -3.88. The van der Waals surface area contributed by atoms with E-state index in [1.54, 1.807) is 43.3 Å². The first-order valence-electron chi connectivity index (χ1n) is 8.87. The second-order valence-electron chi connectivity index (χ2n) is 6.47. The van der Waals surface area contributed by atoms with Gasteiger partial charge >= 0.3 is 0 Å². The zero-order valence-electron chi connectivity index (χ0n) is 15.9. The summed E-state index contributed by atoms with van der Waals surface area (Å²) < 4.78 is 40.8. The molecule has 0 saturated heterocycles. The quantitative estimate of drug-likeness (QED) is 0.510. The maximum absolute atomic E-state index is 12.9. The molecule has 0 aliphatic rings. The Bertz CT molecular complexity index is 1210. The first-order chi connectivity index (χ1) is 14.2. The first kappa shape index (κ1) is 21.5. The van der Waals surface area contributed by atoms with Crippen molar-refractivity contribution in [1.82, 2.24) is 0 Å². The highest BCUT2D eigenvalue weighted by Gasteiger charge is 2.16. The fourth-order valence-corrected chi connectivity index (χ4v) is 3.85. The van der Waals surface area contributed by atoms with E-state index in [4.69, 9.17) is 11.6 Å². The van der Waals surface area contributed by atoms with Crippen LogP contribution in [0.25, 0.3) is 6.08 Å². The summed E-state index contributed by atoms with van der Waals surface area (Å²) in [7, 11) is -3.88. The fourth-order valence-electron chi connectivity index (χ4n) is 2.59. The van der Waals surface area contributed by atoms with Crippen molar-refractivity contribution < 1.29 is 17.6 Å². The van der Waals surface area contributed by atoms with Crippen molar-refractivity contribution in [2.24, 2.45) is 0 Å². The molecule has 154 valence electrons. The van der Waals surface area contributed by atoms with Crippen molar-refractivity contribution in [3.63, 3.8) is 0 Å². The van der Waals surface area contributed by atoms with Gasteiger partial charge in [-0.2, -0.15) is 0 Å². The highest BCUT2D eigenvalue weighted by Crippen LogP contribution is 2.24. The second kappa shape index (κ2) is 9.11. The molecule has 3 aromatic rings. The van der Waals surface area contributed by atoms with E-state index >= 15 is 0 Å². The molecular formula is C22H18ClFN2O3S. The van der Waals surface area contributed by atoms with Gasteiger partial charge in [-0.3, -0.25) is 9.52 Å². The Kier molecular flexibility index (Phi) is 6.54. The first-order valence-corrected chi connectivity index (χ1v) is 10.7. The summed E-state index contributed by atoms with van der Waals surface area (Å²) in [6.45, 7) is 1.75. The number of carbonyl (C=O) groups is 1. The molecule has 30 heavy (non-hydrogen) atoms. The van der Waals surface area contributed by atoms with Gasteiger partial charge in [0.15, 0.2) is 0 Å². The molecular weight excluding hydrogens is 427 g/mol. The van der Waals surface area contributed by atoms with E-state index in [0.717, 1.165) is 0 Å². The second-order valence-corrected chi connectivity index (χ2v) is 8.59. The molecule has 3 aromatic carbocycles. The number of halogens is 2. The van der Waals surface area contributed by atoms with Crippen molar-refractivity contribution in [1.29, 1.82) is 0 Å². The normalized spacial score (nSPS) is 11.4. The number of anilines is 2. The van der Waals surface area contributed by atoms with Gasteiger partial charge in [-0.15, -0.1) is 0 Å². The van der Waals surface area contributed by atoms with Crippen molar-refractivity contribution in [2.75, 3.05) is 10.0 Å². The maximum atomic E-state index is 12.9. The van der Waals surface area contributed by atoms with E-state index in [-0.39, 0.29) is 10.7 Å². The minimum absolute atomic E-state index is 0.00844. The Balaban J connectivity index is 1.77. The van der Waals surface area contributed by atoms with E-state index in [1.165, 1.54) is 42.5 Å². The van der Waals surface area contributed by atoms with Gasteiger partial charge in [0.2, 0.25) is 5.91 Å². The Morgan fingerprint density at radius 3 is 2.47 bits per heavy atom. The van der Waals surface area contributed by atoms with Crippen molar-refractivity contribution >= 4 is 45.0 Å². The Labute approximate surface area is 179 Å². The molecule has 0 aliphatic heterocycles. The fraction of sp³-hybridized carbons (Fsp3) is 0.0455. The van der Waals surface area contributed by atoms with Gasteiger partial charge in [0.25, 0.3) is 10.0 Å². The summed E-state index contributed by atoms with van der Waals surface area (Å²) >= 11 is 5.90. The Morgan fingerprint density at radius 2 is 1.77 bits per heavy atom. The number of hydrogen-bond acceptors (Lipinski definition) is 3. The lowest BCUT2D eigenvalue weighted by molar-refractivity contribution is -0.111. The molecule has 1 amide bonds. The molecule has 3 rings (SSSR count). The number of hydrogen-bond donors (Lipinski definition) is 2. The molecule has 8 heteroatoms. The van der Waals surface area contributed by atoms with Crippen LogP contribution >= 0.6 is 11.6 Å². The zero-order valence-corrected chi connectivity index (χ0v) is 17.5. The van der Waals surface area contributed by atoms with E-state index in [9.17, 15) is 17.6 Å². The third kappa shape index (κ3) is 5.68. The number of benzene rings is 3. The van der Waals surface area contributed by atoms with Crippen LogP contribution < -0.4 is 10.0 Å². The van der Waals surface area contributed by atoms with Gasteiger partial charge in [0.1, 0.15) is 5.82 Å². The van der Waals surface area contributed by atoms with Crippen LogP contribution in [0, 0.1) is 12.7 Å². The molecule has 0 heterocycles. The van der Waals surface area contributed by atoms with Gasteiger partial charge in [0, 0.05) is 16.8 Å². The summed E-state index contributed by atoms with van der Waals surface area (Å²) in [5, 5.41) is 3.07. The van der Waals surface area contributed by atoms with E-state index in [2.05, 4.69) is 10.0 Å². The number of carbonyl (C=O) groups excluding carboxylic acids is 1. The number of sulfonamides is 1. The molecule has 0 radical (unpaired) electrons. The number of aryl methyl sites for hydroxylation is 1. The molecule has 0 atom stereocenters. The van der Waals surface area contributed by atoms with Gasteiger partial charge in [-0.05, 0) is 66.6 Å². The minimum Gasteiger partial charge on any atom is -0.322 e. The van der Waals surface area contributed by atoms with Gasteiger partial charge in [-0.1, -0.05) is 35.9 Å². The summed E-state index contributed by atoms with van der Waals surface area (Å²) in [6, 6.07) is 16.5. The summed E-state index contributed by atoms with van der Waals surface area (Å²) in [4.78, 5) is 12.2. The molecule has 2 N–H and O–H groups in total. The van der Waals surface area contributed by atoms with E-state index < -0.39 is 15.9 Å². The van der Waals surface area contributed by atoms with Crippen molar-refractivity contribution in [3.05, 3.63) is 94.8 Å². The molecule has 0 unspecified atom stereocenters. The molecule has 0 aliphatic carbocycles. The summed E-state index contributed by atoms with van der Waals surface area (Å²) in [6.07, 6.45) is 2.82. The summed E-state index contributed by atoms with van der Waals surface area (Å²) in [5.74, 6) is -0.809. The molecule has 0 spiro atoms. The molecule has 0 fully saturated rings. The van der Waals surface area contributed by atoms with Crippen LogP contribution in [0.3, 0.4) is 0 Å².